The van der Waals surface area contributed by atoms with Gasteiger partial charge < -0.3 is 15.1 Å². The van der Waals surface area contributed by atoms with E-state index in [0.29, 0.717) is 36.7 Å². The number of benzene rings is 1. The highest BCUT2D eigenvalue weighted by Gasteiger charge is 2.27. The maximum Gasteiger partial charge on any atom is 0.256 e. The van der Waals surface area contributed by atoms with E-state index in [1.807, 2.05) is 4.90 Å². The van der Waals surface area contributed by atoms with Crippen molar-refractivity contribution in [3.05, 3.63) is 53.8 Å². The Bertz CT molecular complexity index is 1040. The molecule has 10 heteroatoms. The van der Waals surface area contributed by atoms with Gasteiger partial charge in [0, 0.05) is 44.1 Å². The van der Waals surface area contributed by atoms with Crippen LogP contribution in [0, 0.1) is 17.6 Å². The molecule has 1 amide bonds. The van der Waals surface area contributed by atoms with E-state index in [2.05, 4.69) is 9.71 Å². The van der Waals surface area contributed by atoms with E-state index < -0.39 is 21.7 Å². The Labute approximate surface area is 167 Å². The van der Waals surface area contributed by atoms with Crippen molar-refractivity contribution in [2.24, 2.45) is 10.3 Å². The summed E-state index contributed by atoms with van der Waals surface area (Å²) in [4.78, 5) is 16.1. The van der Waals surface area contributed by atoms with Crippen LogP contribution in [0.3, 0.4) is 0 Å². The van der Waals surface area contributed by atoms with Gasteiger partial charge in [0.1, 0.15) is 5.84 Å². The molecule has 0 saturated carbocycles. The SMILES string of the molecule is O=C(NCC1CCN(c2ccc(F)c(F)c2)C1)C1=CN2CCS(=O)(=O)N=C2C=C1. The predicted octanol–water partition coefficient (Wildman–Crippen LogP) is 1.40. The Morgan fingerprint density at radius 2 is 2.03 bits per heavy atom. The molecule has 1 unspecified atom stereocenters. The number of sulfonamides is 1. The van der Waals surface area contributed by atoms with Crippen molar-refractivity contribution in [1.29, 1.82) is 0 Å². The lowest BCUT2D eigenvalue weighted by Crippen LogP contribution is -2.38. The number of halogens is 2. The minimum absolute atomic E-state index is 0.0857. The van der Waals surface area contributed by atoms with Gasteiger partial charge in [-0.05, 0) is 36.6 Å². The standard InChI is InChI=1S/C19H20F2N4O3S/c20-16-3-2-15(9-17(16)21)24-6-5-13(11-24)10-22-19(26)14-1-4-18-23-29(27,28)8-7-25(18)12-14/h1-4,9,12-13H,5-8,10-11H2,(H,22,26). The molecule has 3 aliphatic rings. The van der Waals surface area contributed by atoms with Crippen molar-refractivity contribution in [1.82, 2.24) is 10.2 Å². The lowest BCUT2D eigenvalue weighted by atomic mass is 10.1. The summed E-state index contributed by atoms with van der Waals surface area (Å²) < 4.78 is 53.3. The summed E-state index contributed by atoms with van der Waals surface area (Å²) in [5.74, 6) is -1.57. The zero-order valence-electron chi connectivity index (χ0n) is 15.5. The van der Waals surface area contributed by atoms with Crippen LogP contribution in [0.2, 0.25) is 0 Å². The lowest BCUT2D eigenvalue weighted by Gasteiger charge is -2.27. The van der Waals surface area contributed by atoms with Crippen molar-refractivity contribution < 1.29 is 22.0 Å². The topological polar surface area (TPSA) is 82.1 Å². The molecule has 1 atom stereocenters. The summed E-state index contributed by atoms with van der Waals surface area (Å²) in [6.07, 6.45) is 5.50. The number of fused-ring (bicyclic) bond motifs is 1. The zero-order chi connectivity index (χ0) is 20.6. The normalized spacial score (nSPS) is 22.8. The van der Waals surface area contributed by atoms with Crippen molar-refractivity contribution in [2.75, 3.05) is 36.8 Å². The van der Waals surface area contributed by atoms with Crippen LogP contribution < -0.4 is 10.2 Å². The van der Waals surface area contributed by atoms with E-state index in [-0.39, 0.29) is 24.1 Å². The quantitative estimate of drug-likeness (QED) is 0.794. The highest BCUT2D eigenvalue weighted by molar-refractivity contribution is 7.90. The molecule has 4 rings (SSSR count). The summed E-state index contributed by atoms with van der Waals surface area (Å²) in [5.41, 5.74) is 1.06. The molecule has 1 saturated heterocycles. The third kappa shape index (κ3) is 4.31. The molecule has 0 aliphatic carbocycles. The van der Waals surface area contributed by atoms with Gasteiger partial charge >= 0.3 is 0 Å². The molecule has 154 valence electrons. The van der Waals surface area contributed by atoms with E-state index >= 15 is 0 Å². The molecule has 1 N–H and O–H groups in total. The Hall–Kier alpha value is -2.75. The second kappa shape index (κ2) is 7.58. The van der Waals surface area contributed by atoms with Crippen LogP contribution in [0.15, 0.2) is 46.5 Å². The number of carbonyl (C=O) groups is 1. The first-order valence-electron chi connectivity index (χ1n) is 9.28. The second-order valence-electron chi connectivity index (χ2n) is 7.26. The number of hydrogen-bond donors (Lipinski definition) is 1. The molecule has 3 heterocycles. The molecular formula is C19H20F2N4O3S. The summed E-state index contributed by atoms with van der Waals surface area (Å²) in [7, 11) is -3.43. The number of nitrogens with zero attached hydrogens (tertiary/aromatic N) is 3. The van der Waals surface area contributed by atoms with Gasteiger partial charge in [-0.2, -0.15) is 0 Å². The van der Waals surface area contributed by atoms with Crippen molar-refractivity contribution in [2.45, 2.75) is 6.42 Å². The Balaban J connectivity index is 1.32. The average Bonchev–Trinajstić information content (AvgIpc) is 3.16. The fraction of sp³-hybridized carbons (Fsp3) is 0.368. The van der Waals surface area contributed by atoms with Crippen LogP contribution in [0.5, 0.6) is 0 Å². The van der Waals surface area contributed by atoms with Gasteiger partial charge in [0.25, 0.3) is 15.9 Å². The first-order valence-corrected chi connectivity index (χ1v) is 10.9. The average molecular weight is 422 g/mol. The molecule has 0 aromatic heterocycles. The molecule has 29 heavy (non-hydrogen) atoms. The number of hydrogen-bond acceptors (Lipinski definition) is 5. The van der Waals surface area contributed by atoms with Crippen LogP contribution in [-0.2, 0) is 14.8 Å². The molecule has 1 aromatic carbocycles. The first-order chi connectivity index (χ1) is 13.8. The van der Waals surface area contributed by atoms with E-state index in [0.717, 1.165) is 12.5 Å². The maximum atomic E-state index is 13.4. The van der Waals surface area contributed by atoms with Crippen LogP contribution in [0.1, 0.15) is 6.42 Å². The fourth-order valence-electron chi connectivity index (χ4n) is 3.59. The van der Waals surface area contributed by atoms with Crippen molar-refractivity contribution >= 4 is 27.5 Å². The molecule has 7 nitrogen and oxygen atoms in total. The summed E-state index contributed by atoms with van der Waals surface area (Å²) >= 11 is 0. The minimum atomic E-state index is -3.43. The molecule has 0 bridgehead atoms. The van der Waals surface area contributed by atoms with E-state index in [4.69, 9.17) is 0 Å². The number of carbonyl (C=O) groups excluding carboxylic acids is 1. The predicted molar refractivity (Wildman–Crippen MR) is 105 cm³/mol. The summed E-state index contributed by atoms with van der Waals surface area (Å²) in [6.45, 7) is 2.06. The van der Waals surface area contributed by atoms with Crippen LogP contribution in [0.4, 0.5) is 14.5 Å². The number of anilines is 1. The van der Waals surface area contributed by atoms with Gasteiger partial charge in [0.2, 0.25) is 0 Å². The molecule has 3 aliphatic heterocycles. The highest BCUT2D eigenvalue weighted by atomic mass is 32.2. The number of rotatable bonds is 4. The van der Waals surface area contributed by atoms with Gasteiger partial charge in [-0.3, -0.25) is 4.79 Å². The fourth-order valence-corrected chi connectivity index (χ4v) is 4.56. The third-order valence-electron chi connectivity index (χ3n) is 5.19. The Kier molecular flexibility index (Phi) is 5.12. The van der Waals surface area contributed by atoms with Gasteiger partial charge in [0.15, 0.2) is 11.6 Å². The molecule has 0 radical (unpaired) electrons. The summed E-state index contributed by atoms with van der Waals surface area (Å²) in [5, 5.41) is 2.89. The molecule has 1 aromatic rings. The Morgan fingerprint density at radius 1 is 1.21 bits per heavy atom. The van der Waals surface area contributed by atoms with Crippen molar-refractivity contribution in [3.63, 3.8) is 0 Å². The van der Waals surface area contributed by atoms with Crippen LogP contribution >= 0.6 is 0 Å². The smallest absolute Gasteiger partial charge is 0.256 e. The van der Waals surface area contributed by atoms with Crippen molar-refractivity contribution in [3.8, 4) is 0 Å². The first kappa shape index (κ1) is 19.6. The number of amides is 1. The molecule has 1 fully saturated rings. The van der Waals surface area contributed by atoms with Gasteiger partial charge in [-0.25, -0.2) is 17.2 Å². The Morgan fingerprint density at radius 3 is 2.83 bits per heavy atom. The lowest BCUT2D eigenvalue weighted by molar-refractivity contribution is -0.117. The molecule has 0 spiro atoms. The van der Waals surface area contributed by atoms with Crippen LogP contribution in [-0.4, -0.2) is 57.0 Å². The maximum absolute atomic E-state index is 13.4. The van der Waals surface area contributed by atoms with Gasteiger partial charge in [0.05, 0.1) is 11.3 Å². The van der Waals surface area contributed by atoms with E-state index in [9.17, 15) is 22.0 Å². The third-order valence-corrected chi connectivity index (χ3v) is 6.36. The number of nitrogens with one attached hydrogen (secondary N) is 1. The summed E-state index contributed by atoms with van der Waals surface area (Å²) in [6, 6.07) is 3.85. The second-order valence-corrected chi connectivity index (χ2v) is 9.01. The molecular weight excluding hydrogens is 402 g/mol. The van der Waals surface area contributed by atoms with Crippen LogP contribution in [0.25, 0.3) is 0 Å². The highest BCUT2D eigenvalue weighted by Crippen LogP contribution is 2.25. The largest absolute Gasteiger partial charge is 0.371 e. The van der Waals surface area contributed by atoms with E-state index in [1.165, 1.54) is 12.1 Å². The van der Waals surface area contributed by atoms with E-state index in [1.54, 1.807) is 23.2 Å². The monoisotopic (exact) mass is 422 g/mol. The minimum Gasteiger partial charge on any atom is -0.371 e. The zero-order valence-corrected chi connectivity index (χ0v) is 16.3. The number of amidine groups is 1. The van der Waals surface area contributed by atoms with Gasteiger partial charge in [-0.1, -0.05) is 0 Å². The van der Waals surface area contributed by atoms with Gasteiger partial charge in [-0.15, -0.1) is 4.40 Å².